The number of pyridine rings is 1. The normalized spacial score (nSPS) is 23.3. The number of morpholine rings is 1. The van der Waals surface area contributed by atoms with Crippen LogP contribution in [0, 0.1) is 0 Å². The third kappa shape index (κ3) is 2.90. The Balaban J connectivity index is 2.01. The van der Waals surface area contributed by atoms with Crippen LogP contribution in [-0.2, 0) is 14.8 Å². The van der Waals surface area contributed by atoms with Crippen LogP contribution in [0.15, 0.2) is 59.8 Å². The van der Waals surface area contributed by atoms with E-state index < -0.39 is 10.0 Å². The molecule has 2 aromatic rings. The maximum absolute atomic E-state index is 12.9. The first-order valence-electron chi connectivity index (χ1n) is 7.17. The van der Waals surface area contributed by atoms with Gasteiger partial charge in [0.05, 0.1) is 18.8 Å². The molecule has 2 atom stereocenters. The summed E-state index contributed by atoms with van der Waals surface area (Å²) in [6.45, 7) is 2.56. The van der Waals surface area contributed by atoms with E-state index in [1.165, 1.54) is 10.5 Å². The molecule has 0 bridgehead atoms. The van der Waals surface area contributed by atoms with Crippen molar-refractivity contribution < 1.29 is 13.2 Å². The van der Waals surface area contributed by atoms with Crippen LogP contribution in [0.1, 0.15) is 18.5 Å². The summed E-state index contributed by atoms with van der Waals surface area (Å²) in [6.07, 6.45) is 2.82. The smallest absolute Gasteiger partial charge is 0.245 e. The molecule has 0 unspecified atom stereocenters. The lowest BCUT2D eigenvalue weighted by Gasteiger charge is -2.37. The number of hydrogen-bond donors (Lipinski definition) is 0. The second-order valence-corrected chi connectivity index (χ2v) is 7.22. The summed E-state index contributed by atoms with van der Waals surface area (Å²) >= 11 is 0. The Kier molecular flexibility index (Phi) is 4.24. The highest BCUT2D eigenvalue weighted by molar-refractivity contribution is 7.89. The summed E-state index contributed by atoms with van der Waals surface area (Å²) in [6, 6.07) is 12.5. The SMILES string of the molecule is C[C@H]1CN(S(=O)(=O)c2cccnc2)[C@@H](c2ccccc2)CO1. The molecule has 3 rings (SSSR count). The van der Waals surface area contributed by atoms with Crippen LogP contribution in [-0.4, -0.2) is 37.0 Å². The number of sulfonamides is 1. The largest absolute Gasteiger partial charge is 0.375 e. The van der Waals surface area contributed by atoms with Crippen LogP contribution in [0.25, 0.3) is 0 Å². The van der Waals surface area contributed by atoms with Gasteiger partial charge in [0, 0.05) is 18.9 Å². The molecule has 0 aliphatic carbocycles. The van der Waals surface area contributed by atoms with Crippen LogP contribution < -0.4 is 0 Å². The topological polar surface area (TPSA) is 59.5 Å². The molecule has 1 aromatic carbocycles. The fraction of sp³-hybridized carbons (Fsp3) is 0.312. The number of rotatable bonds is 3. The third-order valence-electron chi connectivity index (χ3n) is 3.75. The molecule has 0 amide bonds. The Bertz CT molecular complexity index is 720. The minimum Gasteiger partial charge on any atom is -0.375 e. The van der Waals surface area contributed by atoms with Crippen molar-refractivity contribution in [3.63, 3.8) is 0 Å². The fourth-order valence-electron chi connectivity index (χ4n) is 2.61. The number of hydrogen-bond acceptors (Lipinski definition) is 4. The van der Waals surface area contributed by atoms with Gasteiger partial charge >= 0.3 is 0 Å². The average Bonchev–Trinajstić information content (AvgIpc) is 2.56. The summed E-state index contributed by atoms with van der Waals surface area (Å²) in [5.74, 6) is 0. The number of benzene rings is 1. The molecule has 0 N–H and O–H groups in total. The predicted octanol–water partition coefficient (Wildman–Crippen LogP) is 2.23. The zero-order chi connectivity index (χ0) is 15.6. The molecule has 6 heteroatoms. The fourth-order valence-corrected chi connectivity index (χ4v) is 4.25. The molecule has 5 nitrogen and oxygen atoms in total. The van der Waals surface area contributed by atoms with E-state index in [9.17, 15) is 8.42 Å². The number of ether oxygens (including phenoxy) is 1. The first kappa shape index (κ1) is 15.1. The first-order valence-corrected chi connectivity index (χ1v) is 8.61. The van der Waals surface area contributed by atoms with Crippen molar-refractivity contribution in [2.45, 2.75) is 24.0 Å². The Morgan fingerprint density at radius 3 is 2.64 bits per heavy atom. The molecule has 22 heavy (non-hydrogen) atoms. The number of nitrogens with zero attached hydrogens (tertiary/aromatic N) is 2. The quantitative estimate of drug-likeness (QED) is 0.871. The zero-order valence-electron chi connectivity index (χ0n) is 12.3. The van der Waals surface area contributed by atoms with E-state index >= 15 is 0 Å². The maximum Gasteiger partial charge on any atom is 0.245 e. The van der Waals surface area contributed by atoms with Gasteiger partial charge in [0.25, 0.3) is 0 Å². The lowest BCUT2D eigenvalue weighted by atomic mass is 10.1. The van der Waals surface area contributed by atoms with Crippen molar-refractivity contribution in [2.24, 2.45) is 0 Å². The van der Waals surface area contributed by atoms with Gasteiger partial charge in [-0.05, 0) is 24.6 Å². The Morgan fingerprint density at radius 1 is 1.18 bits per heavy atom. The molecule has 116 valence electrons. The molecule has 0 spiro atoms. The maximum atomic E-state index is 12.9. The van der Waals surface area contributed by atoms with Crippen LogP contribution >= 0.6 is 0 Å². The summed E-state index contributed by atoms with van der Waals surface area (Å²) in [7, 11) is -3.60. The van der Waals surface area contributed by atoms with Crippen LogP contribution in [0.5, 0.6) is 0 Å². The molecule has 2 heterocycles. The van der Waals surface area contributed by atoms with Crippen molar-refractivity contribution >= 4 is 10.0 Å². The van der Waals surface area contributed by atoms with Crippen molar-refractivity contribution in [3.05, 3.63) is 60.4 Å². The zero-order valence-corrected chi connectivity index (χ0v) is 13.1. The summed E-state index contributed by atoms with van der Waals surface area (Å²) < 4.78 is 33.1. The Labute approximate surface area is 130 Å². The van der Waals surface area contributed by atoms with Gasteiger partial charge in [-0.2, -0.15) is 4.31 Å². The molecular formula is C16H18N2O3S. The van der Waals surface area contributed by atoms with E-state index in [1.54, 1.807) is 18.3 Å². The number of aromatic nitrogens is 1. The highest BCUT2D eigenvalue weighted by atomic mass is 32.2. The summed E-state index contributed by atoms with van der Waals surface area (Å²) in [5.41, 5.74) is 0.932. The second kappa shape index (κ2) is 6.16. The molecule has 1 saturated heterocycles. The van der Waals surface area contributed by atoms with E-state index in [0.717, 1.165) is 5.56 Å². The van der Waals surface area contributed by atoms with Gasteiger partial charge < -0.3 is 4.74 Å². The lowest BCUT2D eigenvalue weighted by molar-refractivity contribution is -0.0231. The van der Waals surface area contributed by atoms with Gasteiger partial charge in [-0.3, -0.25) is 4.98 Å². The van der Waals surface area contributed by atoms with Crippen molar-refractivity contribution in [3.8, 4) is 0 Å². The predicted molar refractivity (Wildman–Crippen MR) is 82.7 cm³/mol. The monoisotopic (exact) mass is 318 g/mol. The van der Waals surface area contributed by atoms with Gasteiger partial charge in [-0.25, -0.2) is 8.42 Å². The third-order valence-corrected chi connectivity index (χ3v) is 5.61. The van der Waals surface area contributed by atoms with Gasteiger partial charge in [0.1, 0.15) is 4.90 Å². The van der Waals surface area contributed by atoms with E-state index in [2.05, 4.69) is 4.98 Å². The molecule has 0 radical (unpaired) electrons. The average molecular weight is 318 g/mol. The summed E-state index contributed by atoms with van der Waals surface area (Å²) in [5, 5.41) is 0. The van der Waals surface area contributed by atoms with E-state index in [4.69, 9.17) is 4.74 Å². The van der Waals surface area contributed by atoms with Crippen molar-refractivity contribution in [2.75, 3.05) is 13.2 Å². The van der Waals surface area contributed by atoms with Crippen LogP contribution in [0.2, 0.25) is 0 Å². The molecule has 1 fully saturated rings. The molecule has 0 saturated carbocycles. The van der Waals surface area contributed by atoms with Crippen LogP contribution in [0.4, 0.5) is 0 Å². The first-order chi connectivity index (χ1) is 10.6. The molecule has 1 aliphatic rings. The van der Waals surface area contributed by atoms with Crippen molar-refractivity contribution in [1.82, 2.24) is 9.29 Å². The lowest BCUT2D eigenvalue weighted by Crippen LogP contribution is -2.46. The molecule has 1 aliphatic heterocycles. The van der Waals surface area contributed by atoms with Gasteiger partial charge in [0.2, 0.25) is 10.0 Å². The van der Waals surface area contributed by atoms with Gasteiger partial charge in [0.15, 0.2) is 0 Å². The van der Waals surface area contributed by atoms with E-state index in [1.807, 2.05) is 37.3 Å². The molecular weight excluding hydrogens is 300 g/mol. The Morgan fingerprint density at radius 2 is 1.95 bits per heavy atom. The van der Waals surface area contributed by atoms with Gasteiger partial charge in [-0.15, -0.1) is 0 Å². The molecule has 1 aromatic heterocycles. The highest BCUT2D eigenvalue weighted by Gasteiger charge is 2.37. The standard InChI is InChI=1S/C16H18N2O3S/c1-13-11-18(22(19,20)15-8-5-9-17-10-15)16(12-21-13)14-6-3-2-4-7-14/h2-10,13,16H,11-12H2,1H3/t13-,16+/m0/s1. The minimum atomic E-state index is -3.60. The van der Waals surface area contributed by atoms with E-state index in [-0.39, 0.29) is 17.0 Å². The second-order valence-electron chi connectivity index (χ2n) is 5.33. The van der Waals surface area contributed by atoms with Gasteiger partial charge in [-0.1, -0.05) is 30.3 Å². The summed E-state index contributed by atoms with van der Waals surface area (Å²) in [4.78, 5) is 4.14. The minimum absolute atomic E-state index is 0.133. The van der Waals surface area contributed by atoms with E-state index in [0.29, 0.717) is 13.2 Å². The Hall–Kier alpha value is -1.76. The van der Waals surface area contributed by atoms with Crippen LogP contribution in [0.3, 0.4) is 0 Å². The highest BCUT2D eigenvalue weighted by Crippen LogP contribution is 2.31. The van der Waals surface area contributed by atoms with Crippen molar-refractivity contribution in [1.29, 1.82) is 0 Å².